The molecule has 2 rings (SSSR count). The maximum Gasteiger partial charge on any atom is 0.339 e. The third kappa shape index (κ3) is 4.72. The molecule has 0 bridgehead atoms. The maximum absolute atomic E-state index is 12.2. The van der Waals surface area contributed by atoms with Crippen LogP contribution in [0.4, 0.5) is 5.69 Å². The van der Waals surface area contributed by atoms with Crippen LogP contribution < -0.4 is 14.2 Å². The normalized spacial score (nSPS) is 10.9. The number of rotatable bonds is 6. The summed E-state index contributed by atoms with van der Waals surface area (Å²) in [6.45, 7) is 3.76. The van der Waals surface area contributed by atoms with Crippen molar-refractivity contribution in [3.8, 4) is 11.5 Å². The van der Waals surface area contributed by atoms with Crippen molar-refractivity contribution in [3.63, 3.8) is 0 Å². The predicted octanol–water partition coefficient (Wildman–Crippen LogP) is 2.81. The minimum Gasteiger partial charge on any atom is -0.494 e. The molecule has 0 aromatic heterocycles. The van der Waals surface area contributed by atoms with Crippen LogP contribution in [0.25, 0.3) is 0 Å². The standard InChI is InChI=1S/C16H17NO5S/c1-3-21-14-6-8-15(9-7-14)22-23(19,20)16-10-4-13(5-11-16)17-12(2)18/h4-11H,3H2,1-2H3,(H,17,18). The van der Waals surface area contributed by atoms with E-state index in [2.05, 4.69) is 5.32 Å². The van der Waals surface area contributed by atoms with E-state index in [1.807, 2.05) is 6.92 Å². The molecule has 0 saturated carbocycles. The summed E-state index contributed by atoms with van der Waals surface area (Å²) in [7, 11) is -3.94. The summed E-state index contributed by atoms with van der Waals surface area (Å²) in [5.74, 6) is 0.600. The Morgan fingerprint density at radius 2 is 1.57 bits per heavy atom. The molecule has 0 saturated heterocycles. The molecule has 0 radical (unpaired) electrons. The largest absolute Gasteiger partial charge is 0.494 e. The molecule has 2 aromatic carbocycles. The second-order valence-corrected chi connectivity index (χ2v) is 6.19. The highest BCUT2D eigenvalue weighted by molar-refractivity contribution is 7.87. The summed E-state index contributed by atoms with van der Waals surface area (Å²) in [5, 5.41) is 2.56. The van der Waals surface area contributed by atoms with Gasteiger partial charge < -0.3 is 14.2 Å². The van der Waals surface area contributed by atoms with Crippen molar-refractivity contribution < 1.29 is 22.1 Å². The fourth-order valence-electron chi connectivity index (χ4n) is 1.84. The summed E-state index contributed by atoms with van der Waals surface area (Å²) >= 11 is 0. The summed E-state index contributed by atoms with van der Waals surface area (Å²) < 4.78 is 34.8. The molecular formula is C16H17NO5S. The van der Waals surface area contributed by atoms with E-state index in [4.69, 9.17) is 8.92 Å². The maximum atomic E-state index is 12.2. The van der Waals surface area contributed by atoms with Crippen LogP contribution in [-0.2, 0) is 14.9 Å². The van der Waals surface area contributed by atoms with Crippen molar-refractivity contribution in [2.45, 2.75) is 18.7 Å². The Labute approximate surface area is 135 Å². The van der Waals surface area contributed by atoms with Gasteiger partial charge in [-0.25, -0.2) is 0 Å². The smallest absolute Gasteiger partial charge is 0.339 e. The molecule has 23 heavy (non-hydrogen) atoms. The van der Waals surface area contributed by atoms with Crippen molar-refractivity contribution >= 4 is 21.7 Å². The van der Waals surface area contributed by atoms with E-state index in [0.717, 1.165) is 0 Å². The molecule has 0 atom stereocenters. The fraction of sp³-hybridized carbons (Fsp3) is 0.188. The van der Waals surface area contributed by atoms with E-state index >= 15 is 0 Å². The zero-order chi connectivity index (χ0) is 16.9. The van der Waals surface area contributed by atoms with Gasteiger partial charge in [-0.1, -0.05) is 0 Å². The third-order valence-corrected chi connectivity index (χ3v) is 4.07. The molecule has 1 amide bonds. The number of benzene rings is 2. The van der Waals surface area contributed by atoms with E-state index in [1.54, 1.807) is 12.1 Å². The topological polar surface area (TPSA) is 81.7 Å². The van der Waals surface area contributed by atoms with Crippen molar-refractivity contribution in [3.05, 3.63) is 48.5 Å². The van der Waals surface area contributed by atoms with Gasteiger partial charge in [-0.3, -0.25) is 4.79 Å². The number of carbonyl (C=O) groups is 1. The molecule has 122 valence electrons. The van der Waals surface area contributed by atoms with Crippen LogP contribution in [0.1, 0.15) is 13.8 Å². The Morgan fingerprint density at radius 3 is 2.09 bits per heavy atom. The highest BCUT2D eigenvalue weighted by Gasteiger charge is 2.16. The predicted molar refractivity (Wildman–Crippen MR) is 86.2 cm³/mol. The molecule has 0 aliphatic heterocycles. The molecule has 0 fully saturated rings. The SMILES string of the molecule is CCOc1ccc(OS(=O)(=O)c2ccc(NC(C)=O)cc2)cc1. The average molecular weight is 335 g/mol. The monoisotopic (exact) mass is 335 g/mol. The van der Waals surface area contributed by atoms with Crippen LogP contribution >= 0.6 is 0 Å². The van der Waals surface area contributed by atoms with E-state index in [9.17, 15) is 13.2 Å². The minimum absolute atomic E-state index is 0.000451. The summed E-state index contributed by atoms with van der Waals surface area (Å²) in [6, 6.07) is 12.0. The second kappa shape index (κ2) is 7.15. The van der Waals surface area contributed by atoms with Crippen LogP contribution in [0.2, 0.25) is 0 Å². The highest BCUT2D eigenvalue weighted by atomic mass is 32.2. The van der Waals surface area contributed by atoms with Gasteiger partial charge in [0, 0.05) is 12.6 Å². The first-order valence-corrected chi connectivity index (χ1v) is 8.36. The van der Waals surface area contributed by atoms with Crippen LogP contribution in [0.3, 0.4) is 0 Å². The van der Waals surface area contributed by atoms with Gasteiger partial charge in [0.2, 0.25) is 5.91 Å². The third-order valence-electron chi connectivity index (χ3n) is 2.80. The molecule has 0 heterocycles. The second-order valence-electron chi connectivity index (χ2n) is 4.65. The number of carbonyl (C=O) groups excluding carboxylic acids is 1. The zero-order valence-electron chi connectivity index (χ0n) is 12.8. The number of anilines is 1. The first-order chi connectivity index (χ1) is 10.9. The lowest BCUT2D eigenvalue weighted by Gasteiger charge is -2.09. The lowest BCUT2D eigenvalue weighted by molar-refractivity contribution is -0.114. The van der Waals surface area contributed by atoms with Gasteiger partial charge in [0.15, 0.2) is 0 Å². The van der Waals surface area contributed by atoms with Crippen molar-refractivity contribution in [2.24, 2.45) is 0 Å². The molecule has 1 N–H and O–H groups in total. The zero-order valence-corrected chi connectivity index (χ0v) is 13.6. The van der Waals surface area contributed by atoms with Crippen LogP contribution in [0.5, 0.6) is 11.5 Å². The highest BCUT2D eigenvalue weighted by Crippen LogP contribution is 2.22. The van der Waals surface area contributed by atoms with Gasteiger partial charge in [-0.2, -0.15) is 8.42 Å². The number of amides is 1. The van der Waals surface area contributed by atoms with Crippen LogP contribution in [-0.4, -0.2) is 20.9 Å². The number of hydrogen-bond acceptors (Lipinski definition) is 5. The molecule has 0 unspecified atom stereocenters. The molecule has 2 aromatic rings. The average Bonchev–Trinajstić information content (AvgIpc) is 2.49. The Kier molecular flexibility index (Phi) is 5.23. The Hall–Kier alpha value is -2.54. The first kappa shape index (κ1) is 16.8. The first-order valence-electron chi connectivity index (χ1n) is 6.96. The van der Waals surface area contributed by atoms with Gasteiger partial charge in [0.1, 0.15) is 16.4 Å². The number of ether oxygens (including phenoxy) is 1. The Morgan fingerprint density at radius 1 is 1.00 bits per heavy atom. The van der Waals surface area contributed by atoms with Gasteiger partial charge >= 0.3 is 10.1 Å². The molecule has 0 aliphatic carbocycles. The molecule has 6 nitrogen and oxygen atoms in total. The van der Waals surface area contributed by atoms with E-state index in [0.29, 0.717) is 18.0 Å². The van der Waals surface area contributed by atoms with Crippen molar-refractivity contribution in [1.82, 2.24) is 0 Å². The molecular weight excluding hydrogens is 318 g/mol. The Bertz CT molecular complexity index is 767. The quantitative estimate of drug-likeness (QED) is 0.821. The van der Waals surface area contributed by atoms with E-state index < -0.39 is 10.1 Å². The minimum atomic E-state index is -3.94. The van der Waals surface area contributed by atoms with E-state index in [-0.39, 0.29) is 16.6 Å². The summed E-state index contributed by atoms with van der Waals surface area (Å²) in [6.07, 6.45) is 0. The van der Waals surface area contributed by atoms with Crippen LogP contribution in [0, 0.1) is 0 Å². The summed E-state index contributed by atoms with van der Waals surface area (Å²) in [4.78, 5) is 10.9. The molecule has 0 spiro atoms. The number of nitrogens with one attached hydrogen (secondary N) is 1. The lowest BCUT2D eigenvalue weighted by atomic mass is 10.3. The lowest BCUT2D eigenvalue weighted by Crippen LogP contribution is -2.10. The van der Waals surface area contributed by atoms with Crippen LogP contribution in [0.15, 0.2) is 53.4 Å². The van der Waals surface area contributed by atoms with Crippen molar-refractivity contribution in [1.29, 1.82) is 0 Å². The Balaban J connectivity index is 2.13. The molecule has 0 aliphatic rings. The number of hydrogen-bond donors (Lipinski definition) is 1. The summed E-state index contributed by atoms with van der Waals surface area (Å²) in [5.41, 5.74) is 0.512. The van der Waals surface area contributed by atoms with Gasteiger partial charge in [0.25, 0.3) is 0 Å². The van der Waals surface area contributed by atoms with Crippen molar-refractivity contribution in [2.75, 3.05) is 11.9 Å². The van der Waals surface area contributed by atoms with E-state index in [1.165, 1.54) is 43.3 Å². The fourth-order valence-corrected chi connectivity index (χ4v) is 2.77. The van der Waals surface area contributed by atoms with Gasteiger partial charge in [0.05, 0.1) is 6.61 Å². The van der Waals surface area contributed by atoms with Gasteiger partial charge in [-0.05, 0) is 55.5 Å². The molecule has 7 heteroatoms. The van der Waals surface area contributed by atoms with Gasteiger partial charge in [-0.15, -0.1) is 0 Å².